The number of carbonyl (C=O) groups is 1. The highest BCUT2D eigenvalue weighted by Crippen LogP contribution is 2.27. The van der Waals surface area contributed by atoms with Crippen molar-refractivity contribution in [2.75, 3.05) is 12.4 Å². The molecule has 0 heterocycles. The van der Waals surface area contributed by atoms with Crippen molar-refractivity contribution in [1.82, 2.24) is 0 Å². The van der Waals surface area contributed by atoms with Crippen LogP contribution in [0.1, 0.15) is 34.6 Å². The Kier molecular flexibility index (Phi) is 5.79. The fraction of sp³-hybridized carbons (Fsp3) is 0.909. The molecular formula is C11H23NO3S. The van der Waals surface area contributed by atoms with Crippen LogP contribution < -0.4 is 5.73 Å². The Labute approximate surface area is 102 Å². The van der Waals surface area contributed by atoms with E-state index in [0.29, 0.717) is 6.61 Å². The fourth-order valence-electron chi connectivity index (χ4n) is 1.04. The summed E-state index contributed by atoms with van der Waals surface area (Å²) in [7, 11) is 0. The number of rotatable bonds is 6. The third kappa shape index (κ3) is 6.35. The van der Waals surface area contributed by atoms with E-state index in [1.165, 1.54) is 11.8 Å². The fourth-order valence-corrected chi connectivity index (χ4v) is 2.01. The van der Waals surface area contributed by atoms with Crippen molar-refractivity contribution in [1.29, 1.82) is 0 Å². The number of hydrogen-bond donors (Lipinski definition) is 2. The molecule has 0 aromatic rings. The lowest BCUT2D eigenvalue weighted by Crippen LogP contribution is -2.47. The Morgan fingerprint density at radius 1 is 1.38 bits per heavy atom. The van der Waals surface area contributed by atoms with Gasteiger partial charge in [-0.2, -0.15) is 11.8 Å². The highest BCUT2D eigenvalue weighted by Gasteiger charge is 2.32. The van der Waals surface area contributed by atoms with Crippen LogP contribution in [0.5, 0.6) is 0 Å². The van der Waals surface area contributed by atoms with Gasteiger partial charge in [-0.25, -0.2) is 0 Å². The summed E-state index contributed by atoms with van der Waals surface area (Å²) in [6.45, 7) is 10.3. The zero-order chi connectivity index (χ0) is 13.0. The van der Waals surface area contributed by atoms with Crippen LogP contribution in [0.4, 0.5) is 0 Å². The van der Waals surface area contributed by atoms with Crippen LogP contribution in [0.3, 0.4) is 0 Å². The third-order valence-electron chi connectivity index (χ3n) is 2.11. The van der Waals surface area contributed by atoms with E-state index in [0.717, 1.165) is 5.75 Å². The van der Waals surface area contributed by atoms with Crippen LogP contribution in [0.15, 0.2) is 0 Å². The van der Waals surface area contributed by atoms with E-state index in [4.69, 9.17) is 15.6 Å². The molecule has 16 heavy (non-hydrogen) atoms. The van der Waals surface area contributed by atoms with Gasteiger partial charge in [0.05, 0.1) is 12.2 Å². The van der Waals surface area contributed by atoms with E-state index in [9.17, 15) is 4.79 Å². The molecule has 1 atom stereocenters. The third-order valence-corrected chi connectivity index (χ3v) is 3.48. The van der Waals surface area contributed by atoms with Crippen molar-refractivity contribution in [2.24, 2.45) is 5.73 Å². The Morgan fingerprint density at radius 3 is 2.25 bits per heavy atom. The zero-order valence-electron chi connectivity index (χ0n) is 10.7. The van der Waals surface area contributed by atoms with E-state index in [-0.39, 0.29) is 5.60 Å². The molecule has 96 valence electrons. The maximum atomic E-state index is 10.8. The maximum Gasteiger partial charge on any atom is 0.321 e. The van der Waals surface area contributed by atoms with Crippen LogP contribution >= 0.6 is 11.8 Å². The Morgan fingerprint density at radius 2 is 1.88 bits per heavy atom. The van der Waals surface area contributed by atoms with Crippen molar-refractivity contribution >= 4 is 17.7 Å². The largest absolute Gasteiger partial charge is 0.480 e. The number of aliphatic carboxylic acids is 1. The van der Waals surface area contributed by atoms with E-state index >= 15 is 0 Å². The average Bonchev–Trinajstić information content (AvgIpc) is 2.09. The van der Waals surface area contributed by atoms with Crippen molar-refractivity contribution in [3.63, 3.8) is 0 Å². The smallest absolute Gasteiger partial charge is 0.321 e. The van der Waals surface area contributed by atoms with Gasteiger partial charge in [0, 0.05) is 10.5 Å². The number of thioether (sulfide) groups is 1. The van der Waals surface area contributed by atoms with Gasteiger partial charge < -0.3 is 15.6 Å². The second kappa shape index (κ2) is 5.89. The van der Waals surface area contributed by atoms with Gasteiger partial charge in [0.15, 0.2) is 0 Å². The molecule has 0 saturated heterocycles. The second-order valence-corrected chi connectivity index (χ2v) is 6.98. The lowest BCUT2D eigenvalue weighted by molar-refractivity contribution is -0.139. The molecule has 0 saturated carbocycles. The molecule has 0 bridgehead atoms. The molecule has 0 amide bonds. The molecule has 0 aliphatic rings. The summed E-state index contributed by atoms with van der Waals surface area (Å²) >= 11 is 1.52. The minimum absolute atomic E-state index is 0.153. The lowest BCUT2D eigenvalue weighted by Gasteiger charge is -2.28. The van der Waals surface area contributed by atoms with Crippen LogP contribution in [0.25, 0.3) is 0 Å². The van der Waals surface area contributed by atoms with Gasteiger partial charge in [0.2, 0.25) is 0 Å². The Hall–Kier alpha value is -0.260. The molecule has 0 aliphatic carbocycles. The molecule has 0 unspecified atom stereocenters. The van der Waals surface area contributed by atoms with Crippen molar-refractivity contribution < 1.29 is 14.6 Å². The van der Waals surface area contributed by atoms with Gasteiger partial charge in [-0.3, -0.25) is 4.79 Å². The quantitative estimate of drug-likeness (QED) is 0.701. The van der Waals surface area contributed by atoms with Gasteiger partial charge in [-0.05, 0) is 34.6 Å². The van der Waals surface area contributed by atoms with Crippen LogP contribution in [-0.2, 0) is 9.53 Å². The molecule has 0 fully saturated rings. The van der Waals surface area contributed by atoms with Crippen molar-refractivity contribution in [3.8, 4) is 0 Å². The number of carboxylic acids is 1. The topological polar surface area (TPSA) is 72.5 Å². The van der Waals surface area contributed by atoms with E-state index in [1.54, 1.807) is 0 Å². The standard InChI is InChI=1S/C11H23NO3S/c1-10(2,3)15-6-7-16-11(4,5)8(12)9(13)14/h8H,6-7,12H2,1-5H3,(H,13,14)/t8-/m0/s1. The summed E-state index contributed by atoms with van der Waals surface area (Å²) in [5, 5.41) is 8.83. The van der Waals surface area contributed by atoms with Crippen LogP contribution in [0, 0.1) is 0 Å². The highest BCUT2D eigenvalue weighted by molar-refractivity contribution is 8.00. The highest BCUT2D eigenvalue weighted by atomic mass is 32.2. The van der Waals surface area contributed by atoms with Gasteiger partial charge in [-0.1, -0.05) is 0 Å². The molecule has 0 radical (unpaired) electrons. The number of nitrogens with two attached hydrogens (primary N) is 1. The first-order valence-corrected chi connectivity index (χ1v) is 6.31. The molecule has 0 rings (SSSR count). The number of carboxylic acid groups (broad SMARTS) is 1. The Balaban J connectivity index is 3.96. The van der Waals surface area contributed by atoms with Gasteiger partial charge in [0.25, 0.3) is 0 Å². The maximum absolute atomic E-state index is 10.8. The van der Waals surface area contributed by atoms with Crippen LogP contribution in [0.2, 0.25) is 0 Å². The summed E-state index contributed by atoms with van der Waals surface area (Å²) in [5.74, 6) is -0.222. The number of ether oxygens (including phenoxy) is 1. The lowest BCUT2D eigenvalue weighted by atomic mass is 10.1. The first-order chi connectivity index (χ1) is 7.06. The van der Waals surface area contributed by atoms with Crippen LogP contribution in [-0.4, -0.2) is 39.8 Å². The van der Waals surface area contributed by atoms with Gasteiger partial charge in [-0.15, -0.1) is 0 Å². The molecule has 0 aromatic carbocycles. The molecule has 0 aliphatic heterocycles. The average molecular weight is 249 g/mol. The second-order valence-electron chi connectivity index (χ2n) is 5.23. The predicted molar refractivity (Wildman–Crippen MR) is 67.9 cm³/mol. The molecule has 0 spiro atoms. The molecular weight excluding hydrogens is 226 g/mol. The van der Waals surface area contributed by atoms with E-state index < -0.39 is 16.8 Å². The van der Waals surface area contributed by atoms with E-state index in [1.807, 2.05) is 34.6 Å². The SMILES string of the molecule is CC(C)(C)OCCSC(C)(C)[C@@H](N)C(=O)O. The van der Waals surface area contributed by atoms with Gasteiger partial charge >= 0.3 is 5.97 Å². The first kappa shape index (κ1) is 15.7. The molecule has 5 heteroatoms. The summed E-state index contributed by atoms with van der Waals surface area (Å²) in [5.41, 5.74) is 5.45. The first-order valence-electron chi connectivity index (χ1n) is 5.32. The molecule has 4 nitrogen and oxygen atoms in total. The predicted octanol–water partition coefficient (Wildman–Crippen LogP) is 1.73. The van der Waals surface area contributed by atoms with Crippen molar-refractivity contribution in [3.05, 3.63) is 0 Å². The zero-order valence-corrected chi connectivity index (χ0v) is 11.6. The molecule has 0 aromatic heterocycles. The van der Waals surface area contributed by atoms with E-state index in [2.05, 4.69) is 0 Å². The summed E-state index contributed by atoms with van der Waals surface area (Å²) in [6, 6.07) is -0.855. The summed E-state index contributed by atoms with van der Waals surface area (Å²) < 4.78 is 5.08. The summed E-state index contributed by atoms with van der Waals surface area (Å²) in [6.07, 6.45) is 0. The minimum Gasteiger partial charge on any atom is -0.480 e. The normalized spacial score (nSPS) is 14.9. The minimum atomic E-state index is -0.964. The number of hydrogen-bond acceptors (Lipinski definition) is 4. The summed E-state index contributed by atoms with van der Waals surface area (Å²) in [4.78, 5) is 10.8. The molecule has 3 N–H and O–H groups in total. The van der Waals surface area contributed by atoms with Crippen molar-refractivity contribution in [2.45, 2.75) is 51.0 Å². The monoisotopic (exact) mass is 249 g/mol. The van der Waals surface area contributed by atoms with Gasteiger partial charge in [0.1, 0.15) is 6.04 Å². The Bertz CT molecular complexity index is 236.